The molecular weight excluding hydrogens is 386 g/mol. The molecule has 0 bridgehead atoms. The minimum Gasteiger partial charge on any atom is -0.466 e. The molecule has 3 rings (SSSR count). The molecule has 156 valence electrons. The average Bonchev–Trinajstić information content (AvgIpc) is 3.05. The lowest BCUT2D eigenvalue weighted by atomic mass is 10.1. The number of methoxy groups -OCH3 is 1. The van der Waals surface area contributed by atoms with Gasteiger partial charge in [-0.05, 0) is 43.3 Å². The molecule has 2 aromatic rings. The minimum atomic E-state index is -0.603. The molecule has 0 saturated heterocycles. The number of aliphatic hydroxyl groups is 1. The number of hydrogen-bond acceptors (Lipinski definition) is 6. The van der Waals surface area contributed by atoms with E-state index in [1.807, 2.05) is 19.1 Å². The second-order valence-corrected chi connectivity index (χ2v) is 6.82. The Bertz CT molecular complexity index is 981. The molecule has 0 aromatic heterocycles. The Hall–Kier alpha value is -3.65. The van der Waals surface area contributed by atoms with Crippen molar-refractivity contribution in [2.75, 3.05) is 37.4 Å². The summed E-state index contributed by atoms with van der Waals surface area (Å²) in [7, 11) is 1.25. The summed E-state index contributed by atoms with van der Waals surface area (Å²) in [6.07, 6.45) is 0. The van der Waals surface area contributed by atoms with E-state index in [0.717, 1.165) is 5.56 Å². The summed E-state index contributed by atoms with van der Waals surface area (Å²) in [5.41, 5.74) is 3.10. The van der Waals surface area contributed by atoms with Gasteiger partial charge >= 0.3 is 5.97 Å². The van der Waals surface area contributed by atoms with Crippen molar-refractivity contribution in [2.45, 2.75) is 6.92 Å². The van der Waals surface area contributed by atoms with Gasteiger partial charge in [0.15, 0.2) is 0 Å². The van der Waals surface area contributed by atoms with Crippen LogP contribution in [-0.4, -0.2) is 54.6 Å². The first-order valence-corrected chi connectivity index (χ1v) is 9.39. The van der Waals surface area contributed by atoms with E-state index in [0.29, 0.717) is 16.9 Å². The molecule has 2 aromatic carbocycles. The highest BCUT2D eigenvalue weighted by Crippen LogP contribution is 2.23. The SMILES string of the molecule is COC(=O)C1=C(Nc2ccc(NC(=O)c3ccc(C)cc3)cc2)C(=O)N(CCO)C1. The molecule has 1 aliphatic heterocycles. The van der Waals surface area contributed by atoms with Crippen molar-refractivity contribution in [2.24, 2.45) is 0 Å². The van der Waals surface area contributed by atoms with Crippen molar-refractivity contribution in [1.82, 2.24) is 4.90 Å². The molecule has 8 heteroatoms. The van der Waals surface area contributed by atoms with Crippen LogP contribution in [0.4, 0.5) is 11.4 Å². The van der Waals surface area contributed by atoms with Crippen LogP contribution in [0.2, 0.25) is 0 Å². The van der Waals surface area contributed by atoms with Gasteiger partial charge in [-0.3, -0.25) is 9.59 Å². The van der Waals surface area contributed by atoms with Crippen LogP contribution in [0, 0.1) is 6.92 Å². The van der Waals surface area contributed by atoms with Gasteiger partial charge < -0.3 is 25.4 Å². The van der Waals surface area contributed by atoms with Gasteiger partial charge in [0.05, 0.1) is 25.8 Å². The maximum Gasteiger partial charge on any atom is 0.337 e. The molecule has 0 saturated carbocycles. The van der Waals surface area contributed by atoms with E-state index in [-0.39, 0.29) is 42.8 Å². The van der Waals surface area contributed by atoms with Crippen LogP contribution in [0.3, 0.4) is 0 Å². The van der Waals surface area contributed by atoms with Crippen molar-refractivity contribution in [3.63, 3.8) is 0 Å². The van der Waals surface area contributed by atoms with Crippen LogP contribution in [0.5, 0.6) is 0 Å². The van der Waals surface area contributed by atoms with Gasteiger partial charge in [-0.25, -0.2) is 4.79 Å². The fourth-order valence-corrected chi connectivity index (χ4v) is 3.04. The highest BCUT2D eigenvalue weighted by Gasteiger charge is 2.34. The number of amides is 2. The molecule has 0 radical (unpaired) electrons. The summed E-state index contributed by atoms with van der Waals surface area (Å²) >= 11 is 0. The number of esters is 1. The van der Waals surface area contributed by atoms with Gasteiger partial charge in [0.1, 0.15) is 5.70 Å². The lowest BCUT2D eigenvalue weighted by Crippen LogP contribution is -2.31. The summed E-state index contributed by atoms with van der Waals surface area (Å²) in [4.78, 5) is 38.3. The Morgan fingerprint density at radius 2 is 1.70 bits per heavy atom. The van der Waals surface area contributed by atoms with E-state index < -0.39 is 5.97 Å². The molecule has 0 atom stereocenters. The van der Waals surface area contributed by atoms with Crippen molar-refractivity contribution < 1.29 is 24.2 Å². The van der Waals surface area contributed by atoms with E-state index in [4.69, 9.17) is 9.84 Å². The molecule has 1 aliphatic rings. The first-order valence-electron chi connectivity index (χ1n) is 9.39. The molecule has 3 N–H and O–H groups in total. The normalized spacial score (nSPS) is 13.4. The summed E-state index contributed by atoms with van der Waals surface area (Å²) in [6, 6.07) is 14.0. The number of aryl methyl sites for hydroxylation is 1. The number of carbonyl (C=O) groups excluding carboxylic acids is 3. The van der Waals surface area contributed by atoms with Gasteiger partial charge in [-0.1, -0.05) is 17.7 Å². The minimum absolute atomic E-state index is 0.0685. The summed E-state index contributed by atoms with van der Waals surface area (Å²) < 4.78 is 4.76. The fraction of sp³-hybridized carbons (Fsp3) is 0.227. The molecule has 2 amide bonds. The van der Waals surface area contributed by atoms with Crippen LogP contribution >= 0.6 is 0 Å². The average molecular weight is 409 g/mol. The van der Waals surface area contributed by atoms with Crippen molar-refractivity contribution in [1.29, 1.82) is 0 Å². The Morgan fingerprint density at radius 3 is 2.30 bits per heavy atom. The second kappa shape index (κ2) is 9.23. The third kappa shape index (κ3) is 4.66. The van der Waals surface area contributed by atoms with E-state index in [9.17, 15) is 14.4 Å². The lowest BCUT2D eigenvalue weighted by Gasteiger charge is -2.15. The topological polar surface area (TPSA) is 108 Å². The standard InChI is InChI=1S/C22H23N3O5/c1-14-3-5-15(6-4-14)20(27)24-17-9-7-16(8-10-17)23-19-18(22(29)30-2)13-25(11-12-26)21(19)28/h3-10,23,26H,11-13H2,1-2H3,(H,24,27). The number of hydrogen-bond donors (Lipinski definition) is 3. The van der Waals surface area contributed by atoms with Crippen molar-refractivity contribution >= 4 is 29.2 Å². The van der Waals surface area contributed by atoms with Crippen LogP contribution in [-0.2, 0) is 14.3 Å². The second-order valence-electron chi connectivity index (χ2n) is 6.82. The van der Waals surface area contributed by atoms with E-state index in [1.54, 1.807) is 36.4 Å². The maximum atomic E-state index is 12.6. The Balaban J connectivity index is 1.72. The van der Waals surface area contributed by atoms with Gasteiger partial charge in [0.25, 0.3) is 11.8 Å². The van der Waals surface area contributed by atoms with Crippen LogP contribution in [0.1, 0.15) is 15.9 Å². The Kier molecular flexibility index (Phi) is 6.48. The van der Waals surface area contributed by atoms with E-state index in [2.05, 4.69) is 10.6 Å². The van der Waals surface area contributed by atoms with Gasteiger partial charge in [0, 0.05) is 23.5 Å². The zero-order chi connectivity index (χ0) is 21.7. The number of nitrogens with one attached hydrogen (secondary N) is 2. The van der Waals surface area contributed by atoms with Gasteiger partial charge in [-0.15, -0.1) is 0 Å². The Morgan fingerprint density at radius 1 is 1.07 bits per heavy atom. The first-order chi connectivity index (χ1) is 14.4. The number of carbonyl (C=O) groups is 3. The summed E-state index contributed by atoms with van der Waals surface area (Å²) in [5.74, 6) is -1.22. The van der Waals surface area contributed by atoms with Crippen LogP contribution in [0.25, 0.3) is 0 Å². The van der Waals surface area contributed by atoms with Crippen molar-refractivity contribution in [3.05, 3.63) is 70.9 Å². The highest BCUT2D eigenvalue weighted by atomic mass is 16.5. The molecule has 8 nitrogen and oxygen atoms in total. The fourth-order valence-electron chi connectivity index (χ4n) is 3.04. The smallest absolute Gasteiger partial charge is 0.337 e. The first kappa shape index (κ1) is 21.1. The molecule has 0 aliphatic carbocycles. The number of rotatable bonds is 7. The molecule has 0 unspecified atom stereocenters. The largest absolute Gasteiger partial charge is 0.466 e. The van der Waals surface area contributed by atoms with Gasteiger partial charge in [0.2, 0.25) is 0 Å². The molecular formula is C22H23N3O5. The van der Waals surface area contributed by atoms with E-state index in [1.165, 1.54) is 12.0 Å². The zero-order valence-electron chi connectivity index (χ0n) is 16.8. The quantitative estimate of drug-likeness (QED) is 0.603. The predicted molar refractivity (Wildman–Crippen MR) is 112 cm³/mol. The van der Waals surface area contributed by atoms with Gasteiger partial charge in [-0.2, -0.15) is 0 Å². The predicted octanol–water partition coefficient (Wildman–Crippen LogP) is 1.92. The number of nitrogens with zero attached hydrogens (tertiary/aromatic N) is 1. The number of aliphatic hydroxyl groups excluding tert-OH is 1. The maximum absolute atomic E-state index is 12.6. The molecule has 1 heterocycles. The number of ether oxygens (including phenoxy) is 1. The van der Waals surface area contributed by atoms with Crippen LogP contribution in [0.15, 0.2) is 59.8 Å². The zero-order valence-corrected chi connectivity index (χ0v) is 16.8. The number of benzene rings is 2. The lowest BCUT2D eigenvalue weighted by molar-refractivity contribution is -0.136. The summed E-state index contributed by atoms with van der Waals surface area (Å²) in [5, 5.41) is 14.9. The molecule has 0 spiro atoms. The monoisotopic (exact) mass is 409 g/mol. The number of β-amino-alcohol motifs (C(OH)–C–C–N with tert-alkyl or cyclic N) is 1. The van der Waals surface area contributed by atoms with E-state index >= 15 is 0 Å². The number of anilines is 2. The third-order valence-corrected chi connectivity index (χ3v) is 4.68. The molecule has 0 fully saturated rings. The van der Waals surface area contributed by atoms with Crippen molar-refractivity contribution in [3.8, 4) is 0 Å². The van der Waals surface area contributed by atoms with Crippen LogP contribution < -0.4 is 10.6 Å². The molecule has 30 heavy (non-hydrogen) atoms. The highest BCUT2D eigenvalue weighted by molar-refractivity contribution is 6.08. The third-order valence-electron chi connectivity index (χ3n) is 4.68. The summed E-state index contributed by atoms with van der Waals surface area (Å²) in [6.45, 7) is 1.93. The Labute approximate surface area is 174 Å².